The van der Waals surface area contributed by atoms with Crippen molar-refractivity contribution in [1.29, 1.82) is 0 Å². The summed E-state index contributed by atoms with van der Waals surface area (Å²) in [5.74, 6) is 2.63. The Balaban J connectivity index is 1.60. The topological polar surface area (TPSA) is 63.6 Å². The van der Waals surface area contributed by atoms with Crippen LogP contribution in [0.1, 0.15) is 11.1 Å². The first-order valence-electron chi connectivity index (χ1n) is 9.67. The zero-order valence-electron chi connectivity index (χ0n) is 17.6. The lowest BCUT2D eigenvalue weighted by Gasteiger charge is -2.35. The number of aromatic hydroxyl groups is 1. The number of ether oxygens (including phenoxy) is 4. The molecule has 29 heavy (non-hydrogen) atoms. The van der Waals surface area contributed by atoms with Gasteiger partial charge in [-0.3, -0.25) is 9.80 Å². The van der Waals surface area contributed by atoms with Crippen molar-refractivity contribution in [1.82, 2.24) is 9.80 Å². The van der Waals surface area contributed by atoms with E-state index in [0.29, 0.717) is 11.5 Å². The highest BCUT2D eigenvalue weighted by Crippen LogP contribution is 2.37. The number of phenolic OH excluding ortho intramolecular Hbond substituents is 1. The summed E-state index contributed by atoms with van der Waals surface area (Å²) in [5, 5.41) is 10.1. The second kappa shape index (κ2) is 9.71. The van der Waals surface area contributed by atoms with Crippen LogP contribution in [-0.4, -0.2) is 69.5 Å². The lowest BCUT2D eigenvalue weighted by Crippen LogP contribution is -2.45. The summed E-state index contributed by atoms with van der Waals surface area (Å²) >= 11 is 0. The molecule has 2 aromatic carbocycles. The van der Waals surface area contributed by atoms with Gasteiger partial charge in [-0.05, 0) is 35.9 Å². The van der Waals surface area contributed by atoms with Gasteiger partial charge in [0.05, 0.1) is 28.4 Å². The van der Waals surface area contributed by atoms with Crippen molar-refractivity contribution < 1.29 is 24.1 Å². The lowest BCUT2D eigenvalue weighted by molar-refractivity contribution is 0.121. The molecule has 0 amide bonds. The molecule has 158 valence electrons. The molecule has 0 aromatic heterocycles. The quantitative estimate of drug-likeness (QED) is 0.728. The number of hydrogen-bond donors (Lipinski definition) is 1. The van der Waals surface area contributed by atoms with E-state index < -0.39 is 0 Å². The largest absolute Gasteiger partial charge is 0.502 e. The van der Waals surface area contributed by atoms with Crippen LogP contribution >= 0.6 is 0 Å². The zero-order chi connectivity index (χ0) is 20.8. The highest BCUT2D eigenvalue weighted by Gasteiger charge is 2.20. The zero-order valence-corrected chi connectivity index (χ0v) is 17.6. The number of hydrogen-bond acceptors (Lipinski definition) is 7. The van der Waals surface area contributed by atoms with Gasteiger partial charge in [-0.1, -0.05) is 0 Å². The van der Waals surface area contributed by atoms with E-state index in [1.165, 1.54) is 0 Å². The molecule has 0 radical (unpaired) electrons. The summed E-state index contributed by atoms with van der Waals surface area (Å²) in [6, 6.07) is 9.65. The predicted octanol–water partition coefficient (Wildman–Crippen LogP) is 2.74. The van der Waals surface area contributed by atoms with E-state index in [-0.39, 0.29) is 5.75 Å². The fourth-order valence-electron chi connectivity index (χ4n) is 3.65. The molecule has 7 nitrogen and oxygen atoms in total. The highest BCUT2D eigenvalue weighted by molar-refractivity contribution is 5.52. The number of piperazine rings is 1. The molecule has 0 saturated carbocycles. The van der Waals surface area contributed by atoms with Crippen molar-refractivity contribution in [3.05, 3.63) is 41.5 Å². The van der Waals surface area contributed by atoms with Crippen molar-refractivity contribution in [2.45, 2.75) is 13.1 Å². The maximum Gasteiger partial charge on any atom is 0.200 e. The normalized spacial score (nSPS) is 15.2. The smallest absolute Gasteiger partial charge is 0.200 e. The molecule has 3 rings (SSSR count). The second-order valence-corrected chi connectivity index (χ2v) is 7.08. The molecule has 1 aliphatic rings. The van der Waals surface area contributed by atoms with Gasteiger partial charge in [0.15, 0.2) is 11.5 Å². The highest BCUT2D eigenvalue weighted by atomic mass is 16.5. The predicted molar refractivity (Wildman–Crippen MR) is 111 cm³/mol. The van der Waals surface area contributed by atoms with Crippen molar-refractivity contribution >= 4 is 0 Å². The van der Waals surface area contributed by atoms with E-state index in [2.05, 4.69) is 9.80 Å². The fourth-order valence-corrected chi connectivity index (χ4v) is 3.65. The molecule has 0 unspecified atom stereocenters. The lowest BCUT2D eigenvalue weighted by atomic mass is 10.1. The Bertz CT molecular complexity index is 794. The maximum absolute atomic E-state index is 10.1. The molecule has 1 saturated heterocycles. The molecule has 1 fully saturated rings. The number of phenols is 1. The molecule has 0 spiro atoms. The molecule has 0 bridgehead atoms. The van der Waals surface area contributed by atoms with Crippen molar-refractivity contribution in [3.8, 4) is 28.7 Å². The fraction of sp³-hybridized carbons (Fsp3) is 0.455. The average Bonchev–Trinajstić information content (AvgIpc) is 2.76. The molecule has 1 heterocycles. The van der Waals surface area contributed by atoms with Crippen LogP contribution in [-0.2, 0) is 13.1 Å². The third-order valence-electron chi connectivity index (χ3n) is 5.29. The number of benzene rings is 2. The van der Waals surface area contributed by atoms with Crippen molar-refractivity contribution in [2.75, 3.05) is 54.6 Å². The van der Waals surface area contributed by atoms with Gasteiger partial charge in [0.1, 0.15) is 11.5 Å². The molecule has 1 aliphatic heterocycles. The van der Waals surface area contributed by atoms with E-state index in [1.807, 2.05) is 30.3 Å². The van der Waals surface area contributed by atoms with Crippen molar-refractivity contribution in [3.63, 3.8) is 0 Å². The Kier molecular flexibility index (Phi) is 7.06. The van der Waals surface area contributed by atoms with E-state index in [0.717, 1.165) is 61.9 Å². The summed E-state index contributed by atoms with van der Waals surface area (Å²) in [7, 11) is 6.47. The Labute approximate surface area is 172 Å². The maximum atomic E-state index is 10.1. The van der Waals surface area contributed by atoms with Gasteiger partial charge in [-0.2, -0.15) is 0 Å². The Morgan fingerprint density at radius 2 is 1.28 bits per heavy atom. The van der Waals surface area contributed by atoms with Gasteiger partial charge in [0, 0.05) is 44.8 Å². The van der Waals surface area contributed by atoms with Gasteiger partial charge >= 0.3 is 0 Å². The van der Waals surface area contributed by atoms with Gasteiger partial charge in [0.25, 0.3) is 0 Å². The van der Waals surface area contributed by atoms with Gasteiger partial charge < -0.3 is 24.1 Å². The van der Waals surface area contributed by atoms with Crippen LogP contribution in [0.3, 0.4) is 0 Å². The van der Waals surface area contributed by atoms with Crippen LogP contribution < -0.4 is 18.9 Å². The molecule has 1 N–H and O–H groups in total. The van der Waals surface area contributed by atoms with Crippen LogP contribution in [0.4, 0.5) is 0 Å². The van der Waals surface area contributed by atoms with Crippen LogP contribution in [0.5, 0.6) is 28.7 Å². The van der Waals surface area contributed by atoms with Crippen LogP contribution in [0, 0.1) is 0 Å². The summed E-state index contributed by atoms with van der Waals surface area (Å²) < 4.78 is 21.4. The van der Waals surface area contributed by atoms with Gasteiger partial charge in [-0.25, -0.2) is 0 Å². The molecule has 0 aliphatic carbocycles. The molecular formula is C22H30N2O5. The second-order valence-electron chi connectivity index (χ2n) is 7.08. The van der Waals surface area contributed by atoms with Gasteiger partial charge in [0.2, 0.25) is 5.75 Å². The van der Waals surface area contributed by atoms with Crippen molar-refractivity contribution in [2.24, 2.45) is 0 Å². The molecule has 0 atom stereocenters. The van der Waals surface area contributed by atoms with E-state index >= 15 is 0 Å². The van der Waals surface area contributed by atoms with E-state index in [9.17, 15) is 5.11 Å². The van der Waals surface area contributed by atoms with E-state index in [4.69, 9.17) is 18.9 Å². The van der Waals surface area contributed by atoms with E-state index in [1.54, 1.807) is 28.4 Å². The Morgan fingerprint density at radius 1 is 0.724 bits per heavy atom. The Hall–Kier alpha value is -2.64. The number of rotatable bonds is 8. The third-order valence-corrected chi connectivity index (χ3v) is 5.29. The summed E-state index contributed by atoms with van der Waals surface area (Å²) in [5.41, 5.74) is 2.19. The van der Waals surface area contributed by atoms with Crippen LogP contribution in [0.25, 0.3) is 0 Å². The van der Waals surface area contributed by atoms with Crippen LogP contribution in [0.2, 0.25) is 0 Å². The minimum Gasteiger partial charge on any atom is -0.502 e. The third kappa shape index (κ3) is 5.05. The molecule has 7 heteroatoms. The first kappa shape index (κ1) is 21.1. The summed E-state index contributed by atoms with van der Waals surface area (Å²) in [6.45, 7) is 5.45. The standard InChI is InChI=1S/C22H30N2O5/c1-26-18-5-6-19(27-2)17(13-18)15-24-9-7-23(8-10-24)14-16-11-20(28-3)22(25)21(12-16)29-4/h5-6,11-13,25H,7-10,14-15H2,1-4H3. The molecular weight excluding hydrogens is 372 g/mol. The molecule has 2 aromatic rings. The first-order chi connectivity index (χ1) is 14.1. The minimum atomic E-state index is 0.0378. The minimum absolute atomic E-state index is 0.0378. The summed E-state index contributed by atoms with van der Waals surface area (Å²) in [6.07, 6.45) is 0. The number of methoxy groups -OCH3 is 4. The number of nitrogens with zero attached hydrogens (tertiary/aromatic N) is 2. The average molecular weight is 402 g/mol. The monoisotopic (exact) mass is 402 g/mol. The Morgan fingerprint density at radius 3 is 1.79 bits per heavy atom. The summed E-state index contributed by atoms with van der Waals surface area (Å²) in [4.78, 5) is 4.82. The first-order valence-corrected chi connectivity index (χ1v) is 9.67. The van der Waals surface area contributed by atoms with Gasteiger partial charge in [-0.15, -0.1) is 0 Å². The SMILES string of the molecule is COc1ccc(OC)c(CN2CCN(Cc3cc(OC)c(O)c(OC)c3)CC2)c1. The van der Waals surface area contributed by atoms with Crippen LogP contribution in [0.15, 0.2) is 30.3 Å².